The van der Waals surface area contributed by atoms with Crippen molar-refractivity contribution < 1.29 is 14.6 Å². The van der Waals surface area contributed by atoms with Gasteiger partial charge in [-0.3, -0.25) is 0 Å². The van der Waals surface area contributed by atoms with E-state index in [4.69, 9.17) is 0 Å². The lowest BCUT2D eigenvalue weighted by molar-refractivity contribution is -0.150. The average Bonchev–Trinajstić information content (AvgIpc) is 2.50. The van der Waals surface area contributed by atoms with Gasteiger partial charge in [-0.15, -0.1) is 0 Å². The number of esters is 1. The van der Waals surface area contributed by atoms with E-state index in [1.165, 1.54) is 77.7 Å². The van der Waals surface area contributed by atoms with Crippen molar-refractivity contribution in [2.45, 2.75) is 103 Å². The van der Waals surface area contributed by atoms with Crippen LogP contribution in [0.3, 0.4) is 0 Å². The maximum Gasteiger partial charge on any atom is 0.334 e. The van der Waals surface area contributed by atoms with E-state index in [0.29, 0.717) is 6.42 Å². The van der Waals surface area contributed by atoms with Crippen molar-refractivity contribution in [1.29, 1.82) is 0 Å². The van der Waals surface area contributed by atoms with Gasteiger partial charge in [0, 0.05) is 0 Å². The summed E-state index contributed by atoms with van der Waals surface area (Å²) in [7, 11) is 1.31. The highest BCUT2D eigenvalue weighted by molar-refractivity contribution is 5.74. The van der Waals surface area contributed by atoms with E-state index in [-0.39, 0.29) is 0 Å². The van der Waals surface area contributed by atoms with Crippen LogP contribution in [0.15, 0.2) is 0 Å². The lowest BCUT2D eigenvalue weighted by Crippen LogP contribution is -2.21. The topological polar surface area (TPSA) is 46.5 Å². The molecular formula is C18H36O3. The molecule has 0 aliphatic carbocycles. The fourth-order valence-corrected chi connectivity index (χ4v) is 2.61. The Kier molecular flexibility index (Phi) is 15.4. The molecule has 0 radical (unpaired) electrons. The second-order valence-electron chi connectivity index (χ2n) is 6.07. The highest BCUT2D eigenvalue weighted by Crippen LogP contribution is 2.13. The molecule has 21 heavy (non-hydrogen) atoms. The summed E-state index contributed by atoms with van der Waals surface area (Å²) in [6.07, 6.45) is 16.5. The van der Waals surface area contributed by atoms with E-state index in [9.17, 15) is 9.90 Å². The maximum absolute atomic E-state index is 11.0. The Balaban J connectivity index is 3.11. The second-order valence-corrected chi connectivity index (χ2v) is 6.07. The van der Waals surface area contributed by atoms with Crippen LogP contribution in [0.2, 0.25) is 0 Å². The zero-order chi connectivity index (χ0) is 15.8. The summed E-state index contributed by atoms with van der Waals surface area (Å²) in [4.78, 5) is 11.0. The van der Waals surface area contributed by atoms with Crippen LogP contribution in [0, 0.1) is 0 Å². The zero-order valence-electron chi connectivity index (χ0n) is 14.2. The summed E-state index contributed by atoms with van der Waals surface area (Å²) in [5, 5.41) is 9.42. The summed E-state index contributed by atoms with van der Waals surface area (Å²) in [6, 6.07) is 0. The van der Waals surface area contributed by atoms with Crippen LogP contribution in [-0.2, 0) is 9.53 Å². The lowest BCUT2D eigenvalue weighted by atomic mass is 10.0. The molecule has 0 aliphatic heterocycles. The van der Waals surface area contributed by atoms with Gasteiger partial charge in [-0.25, -0.2) is 4.79 Å². The molecule has 0 aromatic heterocycles. The van der Waals surface area contributed by atoms with Gasteiger partial charge in [0.05, 0.1) is 7.11 Å². The molecule has 126 valence electrons. The third-order valence-electron chi connectivity index (χ3n) is 4.05. The monoisotopic (exact) mass is 300 g/mol. The average molecular weight is 300 g/mol. The maximum atomic E-state index is 11.0. The van der Waals surface area contributed by atoms with E-state index in [0.717, 1.165) is 12.8 Å². The number of unbranched alkanes of at least 4 members (excludes halogenated alkanes) is 12. The molecule has 0 aliphatic rings. The molecule has 0 bridgehead atoms. The van der Waals surface area contributed by atoms with Gasteiger partial charge >= 0.3 is 5.97 Å². The Morgan fingerprint density at radius 2 is 1.19 bits per heavy atom. The smallest absolute Gasteiger partial charge is 0.334 e. The van der Waals surface area contributed by atoms with Crippen molar-refractivity contribution in [1.82, 2.24) is 0 Å². The number of ether oxygens (including phenoxy) is 1. The Hall–Kier alpha value is -0.570. The van der Waals surface area contributed by atoms with Crippen LogP contribution in [0.1, 0.15) is 96.8 Å². The number of aliphatic hydroxyl groups excluding tert-OH is 1. The van der Waals surface area contributed by atoms with Crippen molar-refractivity contribution in [3.05, 3.63) is 0 Å². The van der Waals surface area contributed by atoms with Crippen molar-refractivity contribution in [2.24, 2.45) is 0 Å². The summed E-state index contributed by atoms with van der Waals surface area (Å²) in [5.74, 6) is -0.506. The molecule has 0 aromatic rings. The van der Waals surface area contributed by atoms with E-state index >= 15 is 0 Å². The van der Waals surface area contributed by atoms with Crippen molar-refractivity contribution >= 4 is 5.97 Å². The molecule has 0 saturated heterocycles. The number of aliphatic hydroxyl groups is 1. The van der Waals surface area contributed by atoms with Crippen LogP contribution in [-0.4, -0.2) is 24.3 Å². The number of hydrogen-bond donors (Lipinski definition) is 1. The Bertz CT molecular complexity index is 229. The summed E-state index contributed by atoms with van der Waals surface area (Å²) >= 11 is 0. The summed E-state index contributed by atoms with van der Waals surface area (Å²) in [5.41, 5.74) is 0. The molecule has 1 atom stereocenters. The number of rotatable bonds is 15. The van der Waals surface area contributed by atoms with E-state index < -0.39 is 12.1 Å². The number of hydrogen-bond acceptors (Lipinski definition) is 3. The predicted octanol–water partition coefficient (Wildman–Crippen LogP) is 5.00. The SMILES string of the molecule is CCCCCCCCCCCCCCC[C@@H](O)C(=O)OC. The minimum atomic E-state index is -0.928. The second kappa shape index (κ2) is 15.8. The van der Waals surface area contributed by atoms with Gasteiger partial charge in [-0.1, -0.05) is 90.4 Å². The zero-order valence-corrected chi connectivity index (χ0v) is 14.2. The standard InChI is InChI=1S/C18H36O3/c1-3-4-5-6-7-8-9-10-11-12-13-14-15-16-17(19)18(20)21-2/h17,19H,3-16H2,1-2H3/t17-/m1/s1. The van der Waals surface area contributed by atoms with Crippen LogP contribution in [0.4, 0.5) is 0 Å². The molecule has 0 fully saturated rings. The van der Waals surface area contributed by atoms with E-state index in [1.54, 1.807) is 0 Å². The molecular weight excluding hydrogens is 264 g/mol. The summed E-state index contributed by atoms with van der Waals surface area (Å²) in [6.45, 7) is 2.26. The van der Waals surface area contributed by atoms with Crippen LogP contribution < -0.4 is 0 Å². The Morgan fingerprint density at radius 1 is 0.810 bits per heavy atom. The third kappa shape index (κ3) is 14.1. The van der Waals surface area contributed by atoms with Gasteiger partial charge in [-0.05, 0) is 6.42 Å². The number of methoxy groups -OCH3 is 1. The van der Waals surface area contributed by atoms with Crippen LogP contribution in [0.5, 0.6) is 0 Å². The highest BCUT2D eigenvalue weighted by Gasteiger charge is 2.13. The molecule has 0 heterocycles. The quantitative estimate of drug-likeness (QED) is 0.342. The molecule has 0 aromatic carbocycles. The molecule has 3 nitrogen and oxygen atoms in total. The molecule has 3 heteroatoms. The molecule has 0 rings (SSSR count). The van der Waals surface area contributed by atoms with Gasteiger partial charge in [0.15, 0.2) is 6.10 Å². The van der Waals surface area contributed by atoms with E-state index in [1.807, 2.05) is 0 Å². The fraction of sp³-hybridized carbons (Fsp3) is 0.944. The summed E-state index contributed by atoms with van der Waals surface area (Å²) < 4.78 is 4.49. The predicted molar refractivity (Wildman–Crippen MR) is 88.3 cm³/mol. The lowest BCUT2D eigenvalue weighted by Gasteiger charge is -2.07. The molecule has 0 unspecified atom stereocenters. The molecule has 0 saturated carbocycles. The van der Waals surface area contributed by atoms with Gasteiger partial charge < -0.3 is 9.84 Å². The van der Waals surface area contributed by atoms with Gasteiger partial charge in [-0.2, -0.15) is 0 Å². The first-order chi connectivity index (χ1) is 10.2. The van der Waals surface area contributed by atoms with Crippen molar-refractivity contribution in [3.8, 4) is 0 Å². The number of carbonyl (C=O) groups is 1. The fourth-order valence-electron chi connectivity index (χ4n) is 2.61. The van der Waals surface area contributed by atoms with Gasteiger partial charge in [0.25, 0.3) is 0 Å². The first-order valence-corrected chi connectivity index (χ1v) is 8.98. The first-order valence-electron chi connectivity index (χ1n) is 8.98. The van der Waals surface area contributed by atoms with E-state index in [2.05, 4.69) is 11.7 Å². The Labute approximate surface area is 131 Å². The largest absolute Gasteiger partial charge is 0.467 e. The first kappa shape index (κ1) is 20.4. The van der Waals surface area contributed by atoms with Gasteiger partial charge in [0.1, 0.15) is 0 Å². The minimum absolute atomic E-state index is 0.506. The highest BCUT2D eigenvalue weighted by atomic mass is 16.5. The Morgan fingerprint density at radius 3 is 1.57 bits per heavy atom. The molecule has 0 amide bonds. The molecule has 1 N–H and O–H groups in total. The van der Waals surface area contributed by atoms with Crippen molar-refractivity contribution in [2.75, 3.05) is 7.11 Å². The minimum Gasteiger partial charge on any atom is -0.467 e. The third-order valence-corrected chi connectivity index (χ3v) is 4.05. The van der Waals surface area contributed by atoms with Crippen LogP contribution >= 0.6 is 0 Å². The normalized spacial score (nSPS) is 12.3. The molecule has 0 spiro atoms. The van der Waals surface area contributed by atoms with Gasteiger partial charge in [0.2, 0.25) is 0 Å². The van der Waals surface area contributed by atoms with Crippen LogP contribution in [0.25, 0.3) is 0 Å². The van der Waals surface area contributed by atoms with Crippen molar-refractivity contribution in [3.63, 3.8) is 0 Å². The number of carbonyl (C=O) groups excluding carboxylic acids is 1.